The van der Waals surface area contributed by atoms with E-state index < -0.39 is 17.2 Å². The molecule has 0 spiro atoms. The van der Waals surface area contributed by atoms with Crippen LogP contribution < -0.4 is 11.0 Å². The van der Waals surface area contributed by atoms with Crippen LogP contribution >= 0.6 is 0 Å². The summed E-state index contributed by atoms with van der Waals surface area (Å²) in [6.07, 6.45) is 0.936. The minimum atomic E-state index is -0.776. The van der Waals surface area contributed by atoms with Crippen molar-refractivity contribution < 1.29 is 8.78 Å². The van der Waals surface area contributed by atoms with Crippen molar-refractivity contribution in [3.63, 3.8) is 0 Å². The third kappa shape index (κ3) is 3.47. The van der Waals surface area contributed by atoms with Crippen molar-refractivity contribution in [2.45, 2.75) is 0 Å². The van der Waals surface area contributed by atoms with E-state index in [1.165, 1.54) is 6.07 Å². The molecule has 2 aromatic carbocycles. The Balaban J connectivity index is 1.95. The maximum atomic E-state index is 13.6. The zero-order valence-corrected chi connectivity index (χ0v) is 13.2. The van der Waals surface area contributed by atoms with Crippen LogP contribution in [-0.2, 0) is 0 Å². The Morgan fingerprint density at radius 3 is 2.46 bits per heavy atom. The predicted octanol–water partition coefficient (Wildman–Crippen LogP) is 3.03. The quantitative estimate of drug-likeness (QED) is 0.558. The number of nitrogens with zero attached hydrogens (tertiary/aromatic N) is 3. The fourth-order valence-corrected chi connectivity index (χ4v) is 2.23. The molecule has 0 saturated carbocycles. The number of aromatic amines is 1. The van der Waals surface area contributed by atoms with Gasteiger partial charge in [0.25, 0.3) is 5.56 Å². The van der Waals surface area contributed by atoms with E-state index in [9.17, 15) is 18.8 Å². The number of nitriles is 1. The average Bonchev–Trinajstić information content (AvgIpc) is 2.64. The second kappa shape index (κ2) is 7.36. The number of H-pyrrole nitrogens is 1. The Kier molecular flexibility index (Phi) is 4.80. The van der Waals surface area contributed by atoms with Gasteiger partial charge in [-0.05, 0) is 12.1 Å². The van der Waals surface area contributed by atoms with Gasteiger partial charge in [-0.2, -0.15) is 10.4 Å². The molecule has 128 valence electrons. The van der Waals surface area contributed by atoms with Crippen LogP contribution in [0.5, 0.6) is 0 Å². The number of aromatic nitrogens is 2. The number of rotatable bonds is 4. The molecule has 0 atom stereocenters. The van der Waals surface area contributed by atoms with Crippen LogP contribution in [0.4, 0.5) is 14.7 Å². The first-order valence-corrected chi connectivity index (χ1v) is 7.43. The van der Waals surface area contributed by atoms with Crippen LogP contribution in [0.15, 0.2) is 58.4 Å². The highest BCUT2D eigenvalue weighted by Crippen LogP contribution is 2.19. The minimum Gasteiger partial charge on any atom is -0.290 e. The molecule has 0 aliphatic rings. The van der Waals surface area contributed by atoms with Crippen molar-refractivity contribution in [3.8, 4) is 17.3 Å². The second-order valence-corrected chi connectivity index (χ2v) is 5.12. The molecule has 8 heteroatoms. The van der Waals surface area contributed by atoms with Gasteiger partial charge in [-0.25, -0.2) is 19.2 Å². The zero-order valence-electron chi connectivity index (χ0n) is 13.2. The first kappa shape index (κ1) is 17.0. The summed E-state index contributed by atoms with van der Waals surface area (Å²) in [4.78, 5) is 18.6. The van der Waals surface area contributed by atoms with Crippen molar-refractivity contribution in [1.82, 2.24) is 9.97 Å². The Morgan fingerprint density at radius 2 is 1.81 bits per heavy atom. The van der Waals surface area contributed by atoms with Crippen molar-refractivity contribution >= 4 is 12.2 Å². The molecule has 3 rings (SSSR count). The molecule has 26 heavy (non-hydrogen) atoms. The van der Waals surface area contributed by atoms with E-state index in [0.29, 0.717) is 5.56 Å². The topological polar surface area (TPSA) is 93.9 Å². The van der Waals surface area contributed by atoms with Crippen molar-refractivity contribution in [3.05, 3.63) is 81.6 Å². The number of anilines is 1. The molecule has 0 aliphatic carbocycles. The van der Waals surface area contributed by atoms with Crippen molar-refractivity contribution in [2.24, 2.45) is 5.10 Å². The molecule has 0 bridgehead atoms. The van der Waals surface area contributed by atoms with Gasteiger partial charge in [0, 0.05) is 5.56 Å². The summed E-state index contributed by atoms with van der Waals surface area (Å²) >= 11 is 0. The monoisotopic (exact) mass is 351 g/mol. The van der Waals surface area contributed by atoms with E-state index in [0.717, 1.165) is 18.3 Å². The Bertz CT molecular complexity index is 1050. The lowest BCUT2D eigenvalue weighted by atomic mass is 10.1. The van der Waals surface area contributed by atoms with Crippen LogP contribution in [0.25, 0.3) is 11.3 Å². The molecule has 0 radical (unpaired) electrons. The van der Waals surface area contributed by atoms with E-state index >= 15 is 0 Å². The van der Waals surface area contributed by atoms with Crippen LogP contribution in [0, 0.1) is 23.0 Å². The highest BCUT2D eigenvalue weighted by molar-refractivity contribution is 5.80. The standard InChI is InChI=1S/C18H11F2N5O/c19-14-7-4-8-15(20)13(14)10-22-25-18-23-16(11-5-2-1-3-6-11)12(9-21)17(26)24-18/h1-8,10H,(H2,23,24,25,26). The van der Waals surface area contributed by atoms with Gasteiger partial charge in [-0.3, -0.25) is 9.78 Å². The maximum Gasteiger partial charge on any atom is 0.270 e. The number of nitrogens with one attached hydrogen (secondary N) is 2. The largest absolute Gasteiger partial charge is 0.290 e. The summed E-state index contributed by atoms with van der Waals surface area (Å²) in [7, 11) is 0. The van der Waals surface area contributed by atoms with E-state index in [1.807, 2.05) is 6.07 Å². The van der Waals surface area contributed by atoms with Crippen LogP contribution in [0.1, 0.15) is 11.1 Å². The van der Waals surface area contributed by atoms with Gasteiger partial charge in [0.1, 0.15) is 23.3 Å². The van der Waals surface area contributed by atoms with Crippen LogP contribution in [0.3, 0.4) is 0 Å². The SMILES string of the molecule is N#Cc1c(-c2ccccc2)nc(NN=Cc2c(F)cccc2F)[nH]c1=O. The Morgan fingerprint density at radius 1 is 1.12 bits per heavy atom. The van der Waals surface area contributed by atoms with E-state index in [4.69, 9.17) is 0 Å². The summed E-state index contributed by atoms with van der Waals surface area (Å²) in [5.74, 6) is -1.62. The lowest BCUT2D eigenvalue weighted by Gasteiger charge is -2.06. The van der Waals surface area contributed by atoms with Crippen molar-refractivity contribution in [1.29, 1.82) is 5.26 Å². The lowest BCUT2D eigenvalue weighted by Crippen LogP contribution is -2.16. The summed E-state index contributed by atoms with van der Waals surface area (Å²) in [5.41, 5.74) is 2.02. The zero-order chi connectivity index (χ0) is 18.5. The molecule has 0 amide bonds. The summed E-state index contributed by atoms with van der Waals surface area (Å²) in [5, 5.41) is 12.9. The normalized spacial score (nSPS) is 10.7. The van der Waals surface area contributed by atoms with Gasteiger partial charge in [0.05, 0.1) is 17.5 Å². The number of hydrogen-bond acceptors (Lipinski definition) is 5. The Labute approximate surface area is 146 Å². The molecule has 0 saturated heterocycles. The highest BCUT2D eigenvalue weighted by atomic mass is 19.1. The summed E-state index contributed by atoms with van der Waals surface area (Å²) in [6.45, 7) is 0. The molecule has 0 fully saturated rings. The third-order valence-corrected chi connectivity index (χ3v) is 3.44. The molecule has 0 aliphatic heterocycles. The molecule has 0 unspecified atom stereocenters. The van der Waals surface area contributed by atoms with E-state index in [-0.39, 0.29) is 22.8 Å². The molecular formula is C18H11F2N5O. The lowest BCUT2D eigenvalue weighted by molar-refractivity contribution is 0.580. The minimum absolute atomic E-state index is 0.0687. The van der Waals surface area contributed by atoms with Gasteiger partial charge in [-0.1, -0.05) is 36.4 Å². The smallest absolute Gasteiger partial charge is 0.270 e. The van der Waals surface area contributed by atoms with Gasteiger partial charge >= 0.3 is 0 Å². The van der Waals surface area contributed by atoms with Gasteiger partial charge < -0.3 is 0 Å². The van der Waals surface area contributed by atoms with Crippen LogP contribution in [0.2, 0.25) is 0 Å². The van der Waals surface area contributed by atoms with E-state index in [1.54, 1.807) is 30.3 Å². The number of hydrazone groups is 1. The number of benzene rings is 2. The average molecular weight is 351 g/mol. The predicted molar refractivity (Wildman–Crippen MR) is 92.6 cm³/mol. The molecular weight excluding hydrogens is 340 g/mol. The first-order valence-electron chi connectivity index (χ1n) is 7.43. The van der Waals surface area contributed by atoms with Gasteiger partial charge in [0.15, 0.2) is 0 Å². The fraction of sp³-hybridized carbons (Fsp3) is 0. The second-order valence-electron chi connectivity index (χ2n) is 5.12. The van der Waals surface area contributed by atoms with Gasteiger partial charge in [0.2, 0.25) is 5.95 Å². The maximum absolute atomic E-state index is 13.6. The number of hydrogen-bond donors (Lipinski definition) is 2. The molecule has 6 nitrogen and oxygen atoms in total. The third-order valence-electron chi connectivity index (χ3n) is 3.44. The van der Waals surface area contributed by atoms with Crippen molar-refractivity contribution in [2.75, 3.05) is 5.43 Å². The molecule has 1 aromatic heterocycles. The Hall–Kier alpha value is -3.86. The molecule has 3 aromatic rings. The van der Waals surface area contributed by atoms with Crippen LogP contribution in [-0.4, -0.2) is 16.2 Å². The number of halogens is 2. The first-order chi connectivity index (χ1) is 12.6. The van der Waals surface area contributed by atoms with Gasteiger partial charge in [-0.15, -0.1) is 0 Å². The molecule has 1 heterocycles. The summed E-state index contributed by atoms with van der Waals surface area (Å²) in [6, 6.07) is 13.9. The highest BCUT2D eigenvalue weighted by Gasteiger charge is 2.13. The fourth-order valence-electron chi connectivity index (χ4n) is 2.23. The van der Waals surface area contributed by atoms with E-state index in [2.05, 4.69) is 20.5 Å². The summed E-state index contributed by atoms with van der Waals surface area (Å²) < 4.78 is 27.1. The molecule has 2 N–H and O–H groups in total.